The molecule has 0 spiro atoms. The number of carbonyl (C=O) groups is 2. The first kappa shape index (κ1) is 27.1. The standard InChI is InChI=1S/C29H33Cl2N5O4/c1-33-25(22-6-7-23-24(18-22)40-17-16-39-23)26(36(31)29(33)30)19-2-4-20(5-3-19)27(37)34-12-14-35(15-13-34)28(38)21-8-10-32-11-9-21/h2-7,18,21,29,32H,8-17H2,1H3. The molecule has 2 fully saturated rings. The van der Waals surface area contributed by atoms with Gasteiger partial charge in [0.1, 0.15) is 13.2 Å². The highest BCUT2D eigenvalue weighted by molar-refractivity contribution is 6.29. The molecule has 4 heterocycles. The summed E-state index contributed by atoms with van der Waals surface area (Å²) in [6.45, 7) is 5.02. The quantitative estimate of drug-likeness (QED) is 0.334. The fourth-order valence-corrected chi connectivity index (χ4v) is 6.34. The maximum absolute atomic E-state index is 13.3. The third kappa shape index (κ3) is 5.06. The van der Waals surface area contributed by atoms with Crippen molar-refractivity contribution in [3.63, 3.8) is 0 Å². The Balaban J connectivity index is 1.18. The third-order valence-corrected chi connectivity index (χ3v) is 9.03. The predicted molar refractivity (Wildman–Crippen MR) is 154 cm³/mol. The normalized spacial score (nSPS) is 21.7. The summed E-state index contributed by atoms with van der Waals surface area (Å²) in [5.41, 5.74) is 3.32. The topological polar surface area (TPSA) is 77.6 Å². The lowest BCUT2D eigenvalue weighted by atomic mass is 9.96. The van der Waals surface area contributed by atoms with Gasteiger partial charge in [-0.25, -0.2) is 4.42 Å². The van der Waals surface area contributed by atoms with E-state index in [0.29, 0.717) is 56.5 Å². The molecule has 1 unspecified atom stereocenters. The van der Waals surface area contributed by atoms with E-state index in [1.54, 1.807) is 0 Å². The summed E-state index contributed by atoms with van der Waals surface area (Å²) < 4.78 is 13.0. The zero-order chi connectivity index (χ0) is 27.8. The first-order valence-electron chi connectivity index (χ1n) is 13.8. The zero-order valence-corrected chi connectivity index (χ0v) is 24.0. The molecular weight excluding hydrogens is 553 g/mol. The van der Waals surface area contributed by atoms with Gasteiger partial charge in [0.15, 0.2) is 17.1 Å². The number of benzene rings is 2. The highest BCUT2D eigenvalue weighted by Crippen LogP contribution is 2.44. The van der Waals surface area contributed by atoms with E-state index in [1.165, 1.54) is 4.42 Å². The summed E-state index contributed by atoms with van der Waals surface area (Å²) in [6.07, 6.45) is 1.77. The van der Waals surface area contributed by atoms with Crippen LogP contribution < -0.4 is 14.8 Å². The Kier molecular flexibility index (Phi) is 7.70. The van der Waals surface area contributed by atoms with Crippen LogP contribution in [0.25, 0.3) is 11.4 Å². The van der Waals surface area contributed by atoms with E-state index < -0.39 is 5.62 Å². The Hall–Kier alpha value is -3.14. The van der Waals surface area contributed by atoms with Gasteiger partial charge in [-0.3, -0.25) is 9.59 Å². The van der Waals surface area contributed by atoms with Crippen LogP contribution in [0.3, 0.4) is 0 Å². The van der Waals surface area contributed by atoms with Gasteiger partial charge in [-0.1, -0.05) is 23.7 Å². The number of alkyl halides is 1. The van der Waals surface area contributed by atoms with Gasteiger partial charge in [-0.15, -0.1) is 0 Å². The monoisotopic (exact) mass is 585 g/mol. The number of hydrogen-bond donors (Lipinski definition) is 1. The molecule has 6 rings (SSSR count). The smallest absolute Gasteiger partial charge is 0.253 e. The highest BCUT2D eigenvalue weighted by Gasteiger charge is 2.36. The molecule has 2 aromatic rings. The molecule has 40 heavy (non-hydrogen) atoms. The fourth-order valence-electron chi connectivity index (χ4n) is 5.83. The lowest BCUT2D eigenvalue weighted by molar-refractivity contribution is -0.137. The zero-order valence-electron chi connectivity index (χ0n) is 22.4. The van der Waals surface area contributed by atoms with E-state index in [1.807, 2.05) is 64.2 Å². The second-order valence-corrected chi connectivity index (χ2v) is 11.3. The van der Waals surface area contributed by atoms with Crippen molar-refractivity contribution in [2.24, 2.45) is 5.92 Å². The summed E-state index contributed by atoms with van der Waals surface area (Å²) in [4.78, 5) is 31.8. The SMILES string of the molecule is CN1C(c2ccc3c(c2)OCCO3)=C(c2ccc(C(=O)N3CCN(C(=O)C4CCNCC4)CC3)cc2)N(Cl)C1Cl. The summed E-state index contributed by atoms with van der Waals surface area (Å²) in [7, 11) is 1.89. The van der Waals surface area contributed by atoms with Gasteiger partial charge >= 0.3 is 0 Å². The third-order valence-electron chi connectivity index (χ3n) is 8.09. The molecule has 4 aliphatic rings. The van der Waals surface area contributed by atoms with E-state index in [0.717, 1.165) is 48.5 Å². The number of amides is 2. The number of piperazine rings is 1. The Morgan fingerprint density at radius 2 is 1.48 bits per heavy atom. The molecule has 2 aromatic carbocycles. The molecular formula is C29H33Cl2N5O4. The van der Waals surface area contributed by atoms with Crippen molar-refractivity contribution >= 4 is 46.6 Å². The highest BCUT2D eigenvalue weighted by atomic mass is 35.5. The predicted octanol–water partition coefficient (Wildman–Crippen LogP) is 3.49. The maximum Gasteiger partial charge on any atom is 0.253 e. The molecule has 212 valence electrons. The summed E-state index contributed by atoms with van der Waals surface area (Å²) in [5, 5.41) is 3.31. The van der Waals surface area contributed by atoms with Crippen LogP contribution in [-0.4, -0.2) is 96.1 Å². The number of nitrogens with one attached hydrogen (secondary N) is 1. The van der Waals surface area contributed by atoms with Crippen LogP contribution in [0.4, 0.5) is 0 Å². The van der Waals surface area contributed by atoms with Gasteiger partial charge in [0.2, 0.25) is 5.91 Å². The molecule has 1 N–H and O–H groups in total. The van der Waals surface area contributed by atoms with E-state index in [4.69, 9.17) is 32.9 Å². The van der Waals surface area contributed by atoms with Crippen molar-refractivity contribution in [3.8, 4) is 11.5 Å². The summed E-state index contributed by atoms with van der Waals surface area (Å²) >= 11 is 13.3. The molecule has 0 aromatic heterocycles. The minimum atomic E-state index is -0.593. The van der Waals surface area contributed by atoms with Gasteiger partial charge in [0, 0.05) is 67.6 Å². The number of carbonyl (C=O) groups excluding carboxylic acids is 2. The Labute approximate surface area is 244 Å². The number of hydrogen-bond acceptors (Lipinski definition) is 7. The maximum atomic E-state index is 13.3. The number of nitrogens with zero attached hydrogens (tertiary/aromatic N) is 4. The minimum Gasteiger partial charge on any atom is -0.486 e. The number of piperidine rings is 1. The van der Waals surface area contributed by atoms with Crippen LogP contribution in [-0.2, 0) is 4.79 Å². The first-order chi connectivity index (χ1) is 19.4. The molecule has 0 radical (unpaired) electrons. The average Bonchev–Trinajstić information content (AvgIpc) is 3.24. The molecule has 1 atom stereocenters. The second-order valence-electron chi connectivity index (χ2n) is 10.5. The van der Waals surface area contributed by atoms with Crippen LogP contribution in [0.15, 0.2) is 42.5 Å². The fraction of sp³-hybridized carbons (Fsp3) is 0.448. The van der Waals surface area contributed by atoms with Crippen molar-refractivity contribution in [2.45, 2.75) is 18.5 Å². The summed E-state index contributed by atoms with van der Waals surface area (Å²) in [5.74, 6) is 1.68. The van der Waals surface area contributed by atoms with E-state index >= 15 is 0 Å². The lowest BCUT2D eigenvalue weighted by Crippen LogP contribution is -2.52. The number of halogens is 2. The van der Waals surface area contributed by atoms with Gasteiger partial charge in [0.05, 0.1) is 11.4 Å². The van der Waals surface area contributed by atoms with E-state index in [2.05, 4.69) is 5.32 Å². The van der Waals surface area contributed by atoms with Crippen molar-refractivity contribution in [1.82, 2.24) is 24.4 Å². The van der Waals surface area contributed by atoms with E-state index in [-0.39, 0.29) is 17.7 Å². The number of rotatable bonds is 4. The van der Waals surface area contributed by atoms with Crippen LogP contribution in [0.1, 0.15) is 34.3 Å². The molecule has 11 heteroatoms. The van der Waals surface area contributed by atoms with Crippen molar-refractivity contribution in [3.05, 3.63) is 59.2 Å². The molecule has 2 saturated heterocycles. The van der Waals surface area contributed by atoms with Gasteiger partial charge in [-0.05, 0) is 56.3 Å². The molecule has 0 aliphatic carbocycles. The molecule has 0 saturated carbocycles. The molecule has 9 nitrogen and oxygen atoms in total. The Morgan fingerprint density at radius 3 is 2.17 bits per heavy atom. The van der Waals surface area contributed by atoms with Crippen LogP contribution in [0, 0.1) is 5.92 Å². The van der Waals surface area contributed by atoms with Gasteiger partial charge < -0.3 is 29.5 Å². The number of fused-ring (bicyclic) bond motifs is 1. The second kappa shape index (κ2) is 11.4. The van der Waals surface area contributed by atoms with Crippen molar-refractivity contribution < 1.29 is 19.1 Å². The van der Waals surface area contributed by atoms with E-state index in [9.17, 15) is 9.59 Å². The van der Waals surface area contributed by atoms with Crippen LogP contribution >= 0.6 is 23.4 Å². The van der Waals surface area contributed by atoms with Crippen molar-refractivity contribution in [1.29, 1.82) is 0 Å². The lowest BCUT2D eigenvalue weighted by Gasteiger charge is -2.37. The Bertz CT molecular complexity index is 1310. The van der Waals surface area contributed by atoms with Crippen molar-refractivity contribution in [2.75, 3.05) is 59.5 Å². The Morgan fingerprint density at radius 1 is 0.850 bits per heavy atom. The average molecular weight is 587 g/mol. The molecule has 2 amide bonds. The molecule has 0 bridgehead atoms. The van der Waals surface area contributed by atoms with Gasteiger partial charge in [0.25, 0.3) is 5.91 Å². The largest absolute Gasteiger partial charge is 0.486 e. The van der Waals surface area contributed by atoms with Crippen LogP contribution in [0.5, 0.6) is 11.5 Å². The number of ether oxygens (including phenoxy) is 2. The first-order valence-corrected chi connectivity index (χ1v) is 14.6. The van der Waals surface area contributed by atoms with Crippen LogP contribution in [0.2, 0.25) is 0 Å². The summed E-state index contributed by atoms with van der Waals surface area (Å²) in [6, 6.07) is 13.2. The van der Waals surface area contributed by atoms with Gasteiger partial charge in [-0.2, -0.15) is 0 Å². The molecule has 4 aliphatic heterocycles. The minimum absolute atomic E-state index is 0.0388.